The monoisotopic (exact) mass is 439 g/mol. The Bertz CT molecular complexity index is 435. The van der Waals surface area contributed by atoms with Crippen LogP contribution in [0.25, 0.3) is 0 Å². The van der Waals surface area contributed by atoms with Crippen molar-refractivity contribution >= 4 is 41.3 Å². The van der Waals surface area contributed by atoms with Crippen LogP contribution in [0.4, 0.5) is 0 Å². The summed E-state index contributed by atoms with van der Waals surface area (Å²) in [7, 11) is 3.96. The Morgan fingerprint density at radius 2 is 2.14 bits per heavy atom. The van der Waals surface area contributed by atoms with Crippen LogP contribution in [0.15, 0.2) is 11.2 Å². The van der Waals surface area contributed by atoms with E-state index in [4.69, 9.17) is 0 Å². The summed E-state index contributed by atoms with van der Waals surface area (Å²) in [4.78, 5) is 12.3. The Labute approximate surface area is 156 Å². The molecule has 5 nitrogen and oxygen atoms in total. The van der Waals surface area contributed by atoms with E-state index in [0.29, 0.717) is 6.04 Å². The van der Waals surface area contributed by atoms with E-state index in [1.807, 2.05) is 6.20 Å². The number of nitrogens with zero attached hydrogens (tertiary/aromatic N) is 3. The summed E-state index contributed by atoms with van der Waals surface area (Å²) >= 11 is 1.76. The molecular formula is C15H30IN5S. The molecule has 0 bridgehead atoms. The van der Waals surface area contributed by atoms with E-state index in [1.165, 1.54) is 11.3 Å². The van der Waals surface area contributed by atoms with Crippen LogP contribution in [0.2, 0.25) is 0 Å². The molecule has 1 heterocycles. The summed E-state index contributed by atoms with van der Waals surface area (Å²) in [5, 5.41) is 7.76. The number of rotatable bonds is 8. The van der Waals surface area contributed by atoms with E-state index in [2.05, 4.69) is 53.3 Å². The molecular weight excluding hydrogens is 409 g/mol. The smallest absolute Gasteiger partial charge is 0.191 e. The zero-order valence-corrected chi connectivity index (χ0v) is 17.5. The molecule has 22 heavy (non-hydrogen) atoms. The number of nitrogens with one attached hydrogen (secondary N) is 2. The Hall–Kier alpha value is -0.410. The predicted octanol–water partition coefficient (Wildman–Crippen LogP) is 2.72. The fraction of sp³-hybridized carbons (Fsp3) is 0.733. The van der Waals surface area contributed by atoms with Gasteiger partial charge in [0.1, 0.15) is 5.01 Å². The molecule has 1 atom stereocenters. The molecule has 2 N–H and O–H groups in total. The molecule has 1 aromatic rings. The van der Waals surface area contributed by atoms with Crippen LogP contribution in [0, 0.1) is 0 Å². The summed E-state index contributed by atoms with van der Waals surface area (Å²) in [6, 6.07) is 0.615. The Morgan fingerprint density at radius 3 is 2.68 bits per heavy atom. The highest BCUT2D eigenvalue weighted by atomic mass is 127. The van der Waals surface area contributed by atoms with Crippen molar-refractivity contribution in [3.63, 3.8) is 0 Å². The summed E-state index contributed by atoms with van der Waals surface area (Å²) in [5.41, 5.74) is 0. The first-order valence-electron chi connectivity index (χ1n) is 7.69. The second kappa shape index (κ2) is 12.1. The van der Waals surface area contributed by atoms with Gasteiger partial charge in [0.25, 0.3) is 0 Å². The molecule has 0 radical (unpaired) electrons. The van der Waals surface area contributed by atoms with Crippen LogP contribution in [-0.4, -0.2) is 49.1 Å². The van der Waals surface area contributed by atoms with E-state index in [-0.39, 0.29) is 24.0 Å². The Kier molecular flexibility index (Phi) is 11.8. The van der Waals surface area contributed by atoms with Gasteiger partial charge in [-0.05, 0) is 26.8 Å². The molecule has 1 aromatic heterocycles. The van der Waals surface area contributed by atoms with Gasteiger partial charge in [0.15, 0.2) is 5.96 Å². The molecule has 0 fully saturated rings. The zero-order chi connectivity index (χ0) is 15.7. The maximum absolute atomic E-state index is 4.40. The topological polar surface area (TPSA) is 52.6 Å². The summed E-state index contributed by atoms with van der Waals surface area (Å²) in [6.07, 6.45) is 4.18. The fourth-order valence-electron chi connectivity index (χ4n) is 1.86. The second-order valence-electron chi connectivity index (χ2n) is 5.16. The fourth-order valence-corrected chi connectivity index (χ4v) is 2.66. The van der Waals surface area contributed by atoms with E-state index >= 15 is 0 Å². The third-order valence-corrected chi connectivity index (χ3v) is 4.82. The van der Waals surface area contributed by atoms with E-state index in [0.717, 1.165) is 37.0 Å². The van der Waals surface area contributed by atoms with Gasteiger partial charge >= 0.3 is 0 Å². The number of guanidine groups is 1. The predicted molar refractivity (Wildman–Crippen MR) is 107 cm³/mol. The lowest BCUT2D eigenvalue weighted by atomic mass is 10.2. The first kappa shape index (κ1) is 21.6. The number of halogens is 1. The van der Waals surface area contributed by atoms with Crippen molar-refractivity contribution in [2.24, 2.45) is 4.99 Å². The van der Waals surface area contributed by atoms with Gasteiger partial charge in [0.05, 0.1) is 6.54 Å². The number of hydrogen-bond donors (Lipinski definition) is 2. The minimum atomic E-state index is 0. The molecule has 7 heteroatoms. The highest BCUT2D eigenvalue weighted by molar-refractivity contribution is 14.0. The molecule has 0 aliphatic carbocycles. The summed E-state index contributed by atoms with van der Waals surface area (Å²) in [6.45, 7) is 9.24. The van der Waals surface area contributed by atoms with Crippen molar-refractivity contribution in [2.45, 2.75) is 46.2 Å². The Morgan fingerprint density at radius 1 is 1.41 bits per heavy atom. The molecule has 0 aromatic carbocycles. The third-order valence-electron chi connectivity index (χ3n) is 3.68. The highest BCUT2D eigenvalue weighted by Crippen LogP contribution is 2.12. The lowest BCUT2D eigenvalue weighted by Gasteiger charge is -2.23. The molecule has 1 rings (SSSR count). The average Bonchev–Trinajstić information content (AvgIpc) is 2.97. The summed E-state index contributed by atoms with van der Waals surface area (Å²) < 4.78 is 0. The molecule has 0 saturated heterocycles. The van der Waals surface area contributed by atoms with Gasteiger partial charge in [-0.3, -0.25) is 4.99 Å². The lowest BCUT2D eigenvalue weighted by Crippen LogP contribution is -2.42. The van der Waals surface area contributed by atoms with Crippen molar-refractivity contribution in [1.82, 2.24) is 20.5 Å². The van der Waals surface area contributed by atoms with Gasteiger partial charge in [-0.2, -0.15) is 0 Å². The van der Waals surface area contributed by atoms with Gasteiger partial charge in [-0.25, -0.2) is 4.98 Å². The van der Waals surface area contributed by atoms with Crippen molar-refractivity contribution in [2.75, 3.05) is 27.2 Å². The van der Waals surface area contributed by atoms with Crippen molar-refractivity contribution in [3.05, 3.63) is 16.1 Å². The van der Waals surface area contributed by atoms with Gasteiger partial charge < -0.3 is 15.5 Å². The molecule has 0 amide bonds. The van der Waals surface area contributed by atoms with Crippen LogP contribution in [0.3, 0.4) is 0 Å². The number of aromatic nitrogens is 1. The van der Waals surface area contributed by atoms with E-state index < -0.39 is 0 Å². The third kappa shape index (κ3) is 7.73. The number of aryl methyl sites for hydroxylation is 1. The standard InChI is InChI=1S/C15H29N5S.HI/c1-6-12(3)20(5)9-8-17-15(16-4)19-11-14-18-10-13(7-2)21-14;/h10,12H,6-9,11H2,1-5H3,(H2,16,17,19);1H. The number of aliphatic imine (C=N–C) groups is 1. The van der Waals surface area contributed by atoms with Crippen molar-refractivity contribution in [3.8, 4) is 0 Å². The van der Waals surface area contributed by atoms with E-state index in [1.54, 1.807) is 18.4 Å². The molecule has 1 unspecified atom stereocenters. The number of hydrogen-bond acceptors (Lipinski definition) is 4. The first-order valence-corrected chi connectivity index (χ1v) is 8.50. The molecule has 0 aliphatic heterocycles. The van der Waals surface area contributed by atoms with E-state index in [9.17, 15) is 0 Å². The van der Waals surface area contributed by atoms with Gasteiger partial charge in [-0.15, -0.1) is 35.3 Å². The maximum Gasteiger partial charge on any atom is 0.191 e. The summed E-state index contributed by atoms with van der Waals surface area (Å²) in [5.74, 6) is 0.834. The normalized spacial score (nSPS) is 12.9. The molecule has 0 aliphatic rings. The zero-order valence-electron chi connectivity index (χ0n) is 14.3. The van der Waals surface area contributed by atoms with Crippen LogP contribution in [-0.2, 0) is 13.0 Å². The maximum atomic E-state index is 4.40. The SMILES string of the molecule is CCc1cnc(CNC(=NC)NCCN(C)C(C)CC)s1.I. The number of likely N-dealkylation sites (N-methyl/N-ethyl adjacent to an activating group) is 1. The Balaban J connectivity index is 0.00000441. The van der Waals surface area contributed by atoms with Gasteiger partial charge in [0, 0.05) is 37.3 Å². The quantitative estimate of drug-likeness (QED) is 0.372. The highest BCUT2D eigenvalue weighted by Gasteiger charge is 2.06. The minimum absolute atomic E-state index is 0. The van der Waals surface area contributed by atoms with Crippen molar-refractivity contribution < 1.29 is 0 Å². The molecule has 0 saturated carbocycles. The second-order valence-corrected chi connectivity index (χ2v) is 6.36. The molecule has 0 spiro atoms. The van der Waals surface area contributed by atoms with Gasteiger partial charge in [-0.1, -0.05) is 13.8 Å². The van der Waals surface area contributed by atoms with Crippen LogP contribution < -0.4 is 10.6 Å². The van der Waals surface area contributed by atoms with Crippen LogP contribution in [0.1, 0.15) is 37.1 Å². The number of thiazole rings is 1. The largest absolute Gasteiger partial charge is 0.355 e. The average molecular weight is 439 g/mol. The minimum Gasteiger partial charge on any atom is -0.355 e. The lowest BCUT2D eigenvalue weighted by molar-refractivity contribution is 0.255. The first-order chi connectivity index (χ1) is 10.1. The van der Waals surface area contributed by atoms with Crippen molar-refractivity contribution in [1.29, 1.82) is 0 Å². The van der Waals surface area contributed by atoms with Gasteiger partial charge in [0.2, 0.25) is 0 Å². The van der Waals surface area contributed by atoms with Crippen LogP contribution in [0.5, 0.6) is 0 Å². The van der Waals surface area contributed by atoms with Crippen LogP contribution >= 0.6 is 35.3 Å². The molecule has 128 valence electrons.